The molecule has 2 atom stereocenters. The first-order valence-electron chi connectivity index (χ1n) is 9.24. The van der Waals surface area contributed by atoms with E-state index in [4.69, 9.17) is 18.5 Å². The highest BCUT2D eigenvalue weighted by Crippen LogP contribution is 2.38. The molecule has 0 heterocycles. The molecule has 0 aliphatic heterocycles. The summed E-state index contributed by atoms with van der Waals surface area (Å²) in [5.41, 5.74) is 0. The summed E-state index contributed by atoms with van der Waals surface area (Å²) in [4.78, 5) is 35.0. The number of phosphoric acid groups is 1. The van der Waals surface area contributed by atoms with E-state index in [0.29, 0.717) is 17.4 Å². The molecule has 0 spiro atoms. The van der Waals surface area contributed by atoms with Crippen LogP contribution in [0.5, 0.6) is 0 Å². The van der Waals surface area contributed by atoms with Gasteiger partial charge in [-0.2, -0.15) is 0 Å². The maximum Gasteiger partial charge on any atom is 0.306 e. The van der Waals surface area contributed by atoms with Crippen LogP contribution in [0.4, 0.5) is 0 Å². The third kappa shape index (κ3) is 15.7. The van der Waals surface area contributed by atoms with Crippen molar-refractivity contribution in [1.29, 1.82) is 0 Å². The lowest BCUT2D eigenvalue weighted by Gasteiger charge is -2.28. The number of carbonyl (C=O) groups excluding carboxylic acids is 2. The number of hydrogen-bond donors (Lipinski definition) is 0. The molecule has 0 bridgehead atoms. The average Bonchev–Trinajstić information content (AvgIpc) is 2.55. The molecule has 0 aromatic rings. The molecule has 2 unspecified atom stereocenters. The van der Waals surface area contributed by atoms with E-state index in [9.17, 15) is 19.0 Å². The van der Waals surface area contributed by atoms with Crippen LogP contribution in [-0.4, -0.2) is 70.0 Å². The number of nitrogens with zero attached hydrogens (tertiary/aromatic N) is 1. The highest BCUT2D eigenvalue weighted by Gasteiger charge is 2.21. The molecule has 0 aromatic carbocycles. The Morgan fingerprint density at radius 2 is 1.70 bits per heavy atom. The molecule has 0 rings (SSSR count). The molecule has 0 radical (unpaired) electrons. The molecule has 0 fully saturated rings. The Bertz CT molecular complexity index is 492. The van der Waals surface area contributed by atoms with Gasteiger partial charge in [0.05, 0.1) is 27.7 Å². The largest absolute Gasteiger partial charge is 0.756 e. The van der Waals surface area contributed by atoms with Gasteiger partial charge < -0.3 is 27.9 Å². The molecule has 0 N–H and O–H groups in total. The molecule has 0 saturated heterocycles. The van der Waals surface area contributed by atoms with Gasteiger partial charge in [0.1, 0.15) is 19.8 Å². The number of carbonyl (C=O) groups is 2. The van der Waals surface area contributed by atoms with E-state index < -0.39 is 32.5 Å². The van der Waals surface area contributed by atoms with E-state index in [2.05, 4.69) is 0 Å². The van der Waals surface area contributed by atoms with Crippen LogP contribution in [-0.2, 0) is 32.7 Å². The Balaban J connectivity index is 4.56. The van der Waals surface area contributed by atoms with E-state index in [-0.39, 0.29) is 26.1 Å². The van der Waals surface area contributed by atoms with Crippen molar-refractivity contribution in [2.45, 2.75) is 52.1 Å². The van der Waals surface area contributed by atoms with Crippen LogP contribution < -0.4 is 4.89 Å². The summed E-state index contributed by atoms with van der Waals surface area (Å²) in [5.74, 6) is -0.970. The number of esters is 2. The fraction of sp³-hybridized carbons (Fsp3) is 0.882. The lowest BCUT2D eigenvalue weighted by molar-refractivity contribution is -0.870. The SMILES string of the molecule is CCCCCC(=O)OC(COC(=O)CC)COP(=O)([O-])OCC[N+](C)(C)C. The van der Waals surface area contributed by atoms with E-state index in [1.165, 1.54) is 0 Å². The second kappa shape index (κ2) is 13.2. The average molecular weight is 411 g/mol. The third-order valence-corrected chi connectivity index (χ3v) is 4.40. The number of ether oxygens (including phenoxy) is 2. The predicted molar refractivity (Wildman–Crippen MR) is 97.7 cm³/mol. The second-order valence-corrected chi connectivity index (χ2v) is 8.61. The summed E-state index contributed by atoms with van der Waals surface area (Å²) in [7, 11) is 1.15. The smallest absolute Gasteiger partial charge is 0.306 e. The molecular formula is C17H34NO8P. The van der Waals surface area contributed by atoms with Crippen LogP contribution in [0.2, 0.25) is 0 Å². The summed E-state index contributed by atoms with van der Waals surface area (Å²) < 4.78 is 32.1. The van der Waals surface area contributed by atoms with Crippen molar-refractivity contribution >= 4 is 19.8 Å². The molecule has 9 nitrogen and oxygen atoms in total. The first kappa shape index (κ1) is 26.0. The lowest BCUT2D eigenvalue weighted by atomic mass is 10.2. The summed E-state index contributed by atoms with van der Waals surface area (Å²) in [5, 5.41) is 0. The molecule has 0 saturated carbocycles. The first-order valence-corrected chi connectivity index (χ1v) is 10.7. The predicted octanol–water partition coefficient (Wildman–Crippen LogP) is 1.64. The van der Waals surface area contributed by atoms with Gasteiger partial charge in [0, 0.05) is 12.8 Å². The highest BCUT2D eigenvalue weighted by atomic mass is 31.2. The van der Waals surface area contributed by atoms with Crippen LogP contribution in [0, 0.1) is 0 Å². The van der Waals surface area contributed by atoms with Crippen LogP contribution in [0.15, 0.2) is 0 Å². The molecule has 160 valence electrons. The zero-order valence-electron chi connectivity index (χ0n) is 17.1. The van der Waals surface area contributed by atoms with Crippen LogP contribution in [0.25, 0.3) is 0 Å². The highest BCUT2D eigenvalue weighted by molar-refractivity contribution is 7.45. The Kier molecular flexibility index (Phi) is 12.7. The molecular weight excluding hydrogens is 377 g/mol. The van der Waals surface area contributed by atoms with E-state index in [1.807, 2.05) is 28.1 Å². The molecule has 0 aromatic heterocycles. The Hall–Kier alpha value is -0.990. The number of hydrogen-bond acceptors (Lipinski definition) is 8. The van der Waals surface area contributed by atoms with Gasteiger partial charge >= 0.3 is 11.9 Å². The van der Waals surface area contributed by atoms with Crippen LogP contribution >= 0.6 is 7.82 Å². The van der Waals surface area contributed by atoms with Gasteiger partial charge in [-0.1, -0.05) is 26.7 Å². The number of rotatable bonds is 15. The fourth-order valence-corrected chi connectivity index (χ4v) is 2.54. The number of likely N-dealkylation sites (N-methyl/N-ethyl adjacent to an activating group) is 1. The molecule has 0 amide bonds. The van der Waals surface area contributed by atoms with Crippen LogP contribution in [0.3, 0.4) is 0 Å². The van der Waals surface area contributed by atoms with Crippen molar-refractivity contribution in [1.82, 2.24) is 0 Å². The zero-order chi connectivity index (χ0) is 20.9. The summed E-state index contributed by atoms with van der Waals surface area (Å²) in [6.45, 7) is 3.33. The van der Waals surface area contributed by atoms with Gasteiger partial charge in [0.25, 0.3) is 7.82 Å². The number of unbranched alkanes of at least 4 members (excludes halogenated alkanes) is 2. The molecule has 0 aliphatic carbocycles. The van der Waals surface area contributed by atoms with Crippen molar-refractivity contribution in [2.24, 2.45) is 0 Å². The maximum atomic E-state index is 11.9. The number of phosphoric ester groups is 1. The standard InChI is InChI=1S/C17H34NO8P/c1-6-8-9-10-17(20)26-15(13-23-16(19)7-2)14-25-27(21,22)24-12-11-18(3,4)5/h15H,6-14H2,1-5H3. The minimum Gasteiger partial charge on any atom is -0.756 e. The second-order valence-electron chi connectivity index (χ2n) is 7.20. The Morgan fingerprint density at radius 1 is 1.04 bits per heavy atom. The minimum absolute atomic E-state index is 0.0312. The van der Waals surface area contributed by atoms with Gasteiger partial charge in [-0.05, 0) is 6.42 Å². The van der Waals surface area contributed by atoms with Gasteiger partial charge in [-0.15, -0.1) is 0 Å². The molecule has 10 heteroatoms. The normalized spacial score (nSPS) is 15.0. The van der Waals surface area contributed by atoms with Crippen molar-refractivity contribution < 1.29 is 42.1 Å². The fourth-order valence-electron chi connectivity index (χ4n) is 1.81. The van der Waals surface area contributed by atoms with E-state index in [0.717, 1.165) is 12.8 Å². The van der Waals surface area contributed by atoms with Gasteiger partial charge in [-0.25, -0.2) is 0 Å². The third-order valence-electron chi connectivity index (χ3n) is 3.43. The summed E-state index contributed by atoms with van der Waals surface area (Å²) in [6, 6.07) is 0. The summed E-state index contributed by atoms with van der Waals surface area (Å²) in [6.07, 6.45) is 1.87. The van der Waals surface area contributed by atoms with Crippen molar-refractivity contribution in [3.8, 4) is 0 Å². The van der Waals surface area contributed by atoms with E-state index in [1.54, 1.807) is 6.92 Å². The maximum absolute atomic E-state index is 11.9. The molecule has 0 aliphatic rings. The first-order chi connectivity index (χ1) is 12.5. The quantitative estimate of drug-likeness (QED) is 0.173. The Morgan fingerprint density at radius 3 is 2.26 bits per heavy atom. The Labute approximate surface area is 162 Å². The zero-order valence-corrected chi connectivity index (χ0v) is 18.0. The van der Waals surface area contributed by atoms with Crippen LogP contribution in [0.1, 0.15) is 46.0 Å². The lowest BCUT2D eigenvalue weighted by Crippen LogP contribution is -2.37. The topological polar surface area (TPSA) is 111 Å². The van der Waals surface area contributed by atoms with E-state index >= 15 is 0 Å². The monoisotopic (exact) mass is 411 g/mol. The molecule has 27 heavy (non-hydrogen) atoms. The van der Waals surface area contributed by atoms with Crippen molar-refractivity contribution in [2.75, 3.05) is 47.5 Å². The van der Waals surface area contributed by atoms with Crippen molar-refractivity contribution in [3.63, 3.8) is 0 Å². The minimum atomic E-state index is -4.55. The van der Waals surface area contributed by atoms with Crippen molar-refractivity contribution in [3.05, 3.63) is 0 Å². The van der Waals surface area contributed by atoms with Gasteiger partial charge in [0.15, 0.2) is 6.10 Å². The number of quaternary nitrogens is 1. The van der Waals surface area contributed by atoms with Gasteiger partial charge in [-0.3, -0.25) is 14.2 Å². The van der Waals surface area contributed by atoms with Gasteiger partial charge in [0.2, 0.25) is 0 Å². The summed E-state index contributed by atoms with van der Waals surface area (Å²) >= 11 is 0.